The van der Waals surface area contributed by atoms with Crippen LogP contribution in [0.4, 0.5) is 4.79 Å². The summed E-state index contributed by atoms with van der Waals surface area (Å²) >= 11 is 5.87. The van der Waals surface area contributed by atoms with Crippen LogP contribution < -0.4 is 0 Å². The first-order valence-corrected chi connectivity index (χ1v) is 6.16. The summed E-state index contributed by atoms with van der Waals surface area (Å²) in [5.74, 6) is 0. The van der Waals surface area contributed by atoms with Gasteiger partial charge in [-0.2, -0.15) is 0 Å². The minimum Gasteiger partial charge on any atom is -0.465 e. The number of carbonyl (C=O) groups is 1. The summed E-state index contributed by atoms with van der Waals surface area (Å²) in [6.45, 7) is 3.70. The molecule has 1 aromatic carbocycles. The molecule has 1 fully saturated rings. The van der Waals surface area contributed by atoms with Crippen molar-refractivity contribution in [1.82, 2.24) is 4.90 Å². The van der Waals surface area contributed by atoms with Gasteiger partial charge in [-0.1, -0.05) is 23.7 Å². The Bertz CT molecular complexity index is 475. The highest BCUT2D eigenvalue weighted by Gasteiger charge is 2.51. The van der Waals surface area contributed by atoms with Crippen molar-refractivity contribution in [3.05, 3.63) is 34.9 Å². The van der Waals surface area contributed by atoms with E-state index in [-0.39, 0.29) is 0 Å². The summed E-state index contributed by atoms with van der Waals surface area (Å²) in [7, 11) is 0. The molecule has 1 aromatic rings. The predicted octanol–water partition coefficient (Wildman–Crippen LogP) is 2.90. The van der Waals surface area contributed by atoms with Crippen molar-refractivity contribution in [2.45, 2.75) is 38.0 Å². The smallest absolute Gasteiger partial charge is 0.408 e. The van der Waals surface area contributed by atoms with E-state index >= 15 is 0 Å². The number of amides is 1. The lowest BCUT2D eigenvalue weighted by Gasteiger charge is -2.54. The second kappa shape index (κ2) is 4.44. The Labute approximate surface area is 111 Å². The van der Waals surface area contributed by atoms with Gasteiger partial charge in [-0.05, 0) is 38.0 Å². The monoisotopic (exact) mass is 269 g/mol. The Morgan fingerprint density at radius 1 is 1.56 bits per heavy atom. The second-order valence-electron chi connectivity index (χ2n) is 5.24. The summed E-state index contributed by atoms with van der Waals surface area (Å²) in [5.41, 5.74) is 0.227. The van der Waals surface area contributed by atoms with Crippen molar-refractivity contribution in [2.75, 3.05) is 0 Å². The molecular formula is C13H16ClNO3. The van der Waals surface area contributed by atoms with Gasteiger partial charge in [0.25, 0.3) is 0 Å². The standard InChI is InChI=1S/C13H16ClNO3/c1-13(2)7-10(15(13)12(17)18)11(16)8-4-3-5-9(14)6-8/h3-6,10-11,16H,7H2,1-2H3,(H,17,18)/t10?,11-/m1/s1. The van der Waals surface area contributed by atoms with Gasteiger partial charge in [-0.3, -0.25) is 4.90 Å². The number of aliphatic hydroxyl groups is 1. The van der Waals surface area contributed by atoms with E-state index in [2.05, 4.69) is 0 Å². The first-order valence-electron chi connectivity index (χ1n) is 5.79. The largest absolute Gasteiger partial charge is 0.465 e. The second-order valence-corrected chi connectivity index (χ2v) is 5.67. The van der Waals surface area contributed by atoms with E-state index in [0.29, 0.717) is 17.0 Å². The fourth-order valence-corrected chi connectivity index (χ4v) is 2.80. The SMILES string of the molecule is CC1(C)CC([C@H](O)c2cccc(Cl)c2)N1C(=O)O. The fraction of sp³-hybridized carbons (Fsp3) is 0.462. The molecule has 0 aliphatic carbocycles. The number of hydrogen-bond donors (Lipinski definition) is 2. The van der Waals surface area contributed by atoms with Gasteiger partial charge in [0.2, 0.25) is 0 Å². The van der Waals surface area contributed by atoms with Gasteiger partial charge in [0.15, 0.2) is 0 Å². The average molecular weight is 270 g/mol. The third kappa shape index (κ3) is 2.18. The zero-order valence-corrected chi connectivity index (χ0v) is 11.1. The molecule has 4 nitrogen and oxygen atoms in total. The van der Waals surface area contributed by atoms with E-state index in [1.807, 2.05) is 13.8 Å². The normalized spacial score (nSPS) is 23.3. The number of benzene rings is 1. The molecule has 2 rings (SSSR count). The molecule has 18 heavy (non-hydrogen) atoms. The van der Waals surface area contributed by atoms with Gasteiger partial charge >= 0.3 is 6.09 Å². The fourth-order valence-electron chi connectivity index (χ4n) is 2.60. The van der Waals surface area contributed by atoms with Crippen LogP contribution in [0.15, 0.2) is 24.3 Å². The number of hydrogen-bond acceptors (Lipinski definition) is 2. The van der Waals surface area contributed by atoms with Crippen LogP contribution in [0.25, 0.3) is 0 Å². The molecule has 0 saturated carbocycles. The van der Waals surface area contributed by atoms with Crippen LogP contribution in [0.3, 0.4) is 0 Å². The Balaban J connectivity index is 2.20. The van der Waals surface area contributed by atoms with Crippen LogP contribution in [0, 0.1) is 0 Å². The maximum atomic E-state index is 11.2. The van der Waals surface area contributed by atoms with Crippen LogP contribution in [0.5, 0.6) is 0 Å². The molecule has 1 aliphatic rings. The average Bonchev–Trinajstić information content (AvgIpc) is 2.24. The van der Waals surface area contributed by atoms with E-state index in [4.69, 9.17) is 11.6 Å². The van der Waals surface area contributed by atoms with Gasteiger partial charge in [0.05, 0.1) is 12.1 Å². The highest BCUT2D eigenvalue weighted by atomic mass is 35.5. The lowest BCUT2D eigenvalue weighted by Crippen LogP contribution is -2.66. The van der Waals surface area contributed by atoms with E-state index < -0.39 is 23.8 Å². The number of aliphatic hydroxyl groups excluding tert-OH is 1. The van der Waals surface area contributed by atoms with Crippen LogP contribution in [0.1, 0.15) is 31.9 Å². The van der Waals surface area contributed by atoms with Gasteiger partial charge in [-0.25, -0.2) is 4.79 Å². The quantitative estimate of drug-likeness (QED) is 0.868. The van der Waals surface area contributed by atoms with E-state index in [0.717, 1.165) is 0 Å². The third-order valence-corrected chi connectivity index (χ3v) is 3.69. The molecule has 0 bridgehead atoms. The molecule has 1 unspecified atom stereocenters. The summed E-state index contributed by atoms with van der Waals surface area (Å²) in [6.07, 6.45) is -1.21. The number of rotatable bonds is 2. The summed E-state index contributed by atoms with van der Waals surface area (Å²) in [5, 5.41) is 20.0. The van der Waals surface area contributed by atoms with Gasteiger partial charge in [-0.15, -0.1) is 0 Å². The highest BCUT2D eigenvalue weighted by molar-refractivity contribution is 6.30. The van der Waals surface area contributed by atoms with Crippen LogP contribution in [0.2, 0.25) is 5.02 Å². The third-order valence-electron chi connectivity index (χ3n) is 3.45. The van der Waals surface area contributed by atoms with Crippen LogP contribution in [-0.4, -0.2) is 32.8 Å². The molecule has 1 amide bonds. The Hall–Kier alpha value is -1.26. The van der Waals surface area contributed by atoms with E-state index in [9.17, 15) is 15.0 Å². The topological polar surface area (TPSA) is 60.8 Å². The van der Waals surface area contributed by atoms with E-state index in [1.165, 1.54) is 4.90 Å². The minimum atomic E-state index is -1.00. The van der Waals surface area contributed by atoms with Gasteiger partial charge in [0, 0.05) is 10.6 Å². The first kappa shape index (κ1) is 13.2. The Morgan fingerprint density at radius 2 is 2.22 bits per heavy atom. The summed E-state index contributed by atoms with van der Waals surface area (Å²) < 4.78 is 0. The number of nitrogens with zero attached hydrogens (tertiary/aromatic N) is 1. The molecule has 1 saturated heterocycles. The molecule has 0 aromatic heterocycles. The molecular weight excluding hydrogens is 254 g/mol. The number of carboxylic acid groups (broad SMARTS) is 1. The molecule has 98 valence electrons. The maximum absolute atomic E-state index is 11.2. The minimum absolute atomic E-state index is 0.407. The Morgan fingerprint density at radius 3 is 2.72 bits per heavy atom. The van der Waals surface area contributed by atoms with Crippen molar-refractivity contribution < 1.29 is 15.0 Å². The van der Waals surface area contributed by atoms with Crippen molar-refractivity contribution in [1.29, 1.82) is 0 Å². The number of likely N-dealkylation sites (tertiary alicyclic amines) is 1. The van der Waals surface area contributed by atoms with Crippen molar-refractivity contribution >= 4 is 17.7 Å². The highest BCUT2D eigenvalue weighted by Crippen LogP contribution is 2.42. The van der Waals surface area contributed by atoms with Crippen molar-refractivity contribution in [3.63, 3.8) is 0 Å². The molecule has 2 N–H and O–H groups in total. The molecule has 2 atom stereocenters. The molecule has 5 heteroatoms. The van der Waals surface area contributed by atoms with Crippen molar-refractivity contribution in [2.24, 2.45) is 0 Å². The molecule has 1 heterocycles. The molecule has 0 radical (unpaired) electrons. The predicted molar refractivity (Wildman–Crippen MR) is 68.8 cm³/mol. The van der Waals surface area contributed by atoms with Crippen LogP contribution >= 0.6 is 11.6 Å². The Kier molecular flexibility index (Phi) is 3.25. The zero-order valence-electron chi connectivity index (χ0n) is 10.3. The van der Waals surface area contributed by atoms with Crippen LogP contribution in [-0.2, 0) is 0 Å². The maximum Gasteiger partial charge on any atom is 0.408 e. The first-order chi connectivity index (χ1) is 8.33. The lowest BCUT2D eigenvalue weighted by atomic mass is 9.78. The van der Waals surface area contributed by atoms with Gasteiger partial charge in [0.1, 0.15) is 0 Å². The van der Waals surface area contributed by atoms with E-state index in [1.54, 1.807) is 24.3 Å². The number of halogens is 1. The zero-order chi connectivity index (χ0) is 13.5. The van der Waals surface area contributed by atoms with Crippen molar-refractivity contribution in [3.8, 4) is 0 Å². The molecule has 1 aliphatic heterocycles. The summed E-state index contributed by atoms with van der Waals surface area (Å²) in [6, 6.07) is 6.48. The molecule has 0 spiro atoms. The lowest BCUT2D eigenvalue weighted by molar-refractivity contribution is -0.0852. The summed E-state index contributed by atoms with van der Waals surface area (Å²) in [4.78, 5) is 12.5. The van der Waals surface area contributed by atoms with Gasteiger partial charge < -0.3 is 10.2 Å².